The molecule has 3 rings (SSSR count). The van der Waals surface area contributed by atoms with E-state index in [0.717, 1.165) is 41.5 Å². The van der Waals surface area contributed by atoms with E-state index in [0.29, 0.717) is 12.6 Å². The van der Waals surface area contributed by atoms with Gasteiger partial charge < -0.3 is 14.9 Å². The number of amides is 1. The maximum absolute atomic E-state index is 12.2. The number of carbonyl (C=O) groups excluding carboxylic acids is 1. The van der Waals surface area contributed by atoms with Crippen molar-refractivity contribution in [2.45, 2.75) is 37.8 Å². The van der Waals surface area contributed by atoms with Crippen molar-refractivity contribution >= 4 is 33.2 Å². The highest BCUT2D eigenvalue weighted by molar-refractivity contribution is 9.10. The molecule has 1 aliphatic carbocycles. The number of hydrogen-bond acceptors (Lipinski definition) is 3. The highest BCUT2D eigenvalue weighted by atomic mass is 79.9. The zero-order valence-electron chi connectivity index (χ0n) is 11.6. The van der Waals surface area contributed by atoms with E-state index in [4.69, 9.17) is 0 Å². The molecule has 20 heavy (non-hydrogen) atoms. The number of fused-ring (bicyclic) bond motifs is 1. The van der Waals surface area contributed by atoms with Gasteiger partial charge in [0.15, 0.2) is 0 Å². The van der Waals surface area contributed by atoms with Gasteiger partial charge in [-0.15, -0.1) is 0 Å². The lowest BCUT2D eigenvalue weighted by Crippen LogP contribution is -2.49. The smallest absolute Gasteiger partial charge is 0.246 e. The SMILES string of the molecule is CN1C(=O)CN(C2CCC(O)CC2)c2ccc(Br)cc21. The van der Waals surface area contributed by atoms with Gasteiger partial charge in [-0.25, -0.2) is 0 Å². The van der Waals surface area contributed by atoms with Crippen molar-refractivity contribution in [3.8, 4) is 0 Å². The Morgan fingerprint density at radius 3 is 2.60 bits per heavy atom. The number of aliphatic hydroxyl groups is 1. The van der Waals surface area contributed by atoms with Gasteiger partial charge in [0.05, 0.1) is 24.0 Å². The summed E-state index contributed by atoms with van der Waals surface area (Å²) in [5, 5.41) is 9.65. The molecule has 1 aromatic rings. The number of hydrogen-bond donors (Lipinski definition) is 1. The maximum atomic E-state index is 12.2. The number of rotatable bonds is 1. The summed E-state index contributed by atoms with van der Waals surface area (Å²) in [6.07, 6.45) is 3.40. The van der Waals surface area contributed by atoms with Crippen LogP contribution in [0.4, 0.5) is 11.4 Å². The summed E-state index contributed by atoms with van der Waals surface area (Å²) in [5.74, 6) is 0.127. The molecule has 0 radical (unpaired) electrons. The summed E-state index contributed by atoms with van der Waals surface area (Å²) in [6, 6.07) is 6.45. The van der Waals surface area contributed by atoms with Crippen LogP contribution in [-0.2, 0) is 4.79 Å². The first kappa shape index (κ1) is 13.9. The van der Waals surface area contributed by atoms with Gasteiger partial charge in [-0.05, 0) is 43.9 Å². The van der Waals surface area contributed by atoms with Crippen LogP contribution in [0.15, 0.2) is 22.7 Å². The molecule has 5 heteroatoms. The van der Waals surface area contributed by atoms with Crippen molar-refractivity contribution < 1.29 is 9.90 Å². The minimum absolute atomic E-state index is 0.127. The van der Waals surface area contributed by atoms with Gasteiger partial charge in [-0.3, -0.25) is 4.79 Å². The topological polar surface area (TPSA) is 43.8 Å². The number of benzene rings is 1. The monoisotopic (exact) mass is 338 g/mol. The molecule has 1 N–H and O–H groups in total. The summed E-state index contributed by atoms with van der Waals surface area (Å²) in [7, 11) is 1.83. The van der Waals surface area contributed by atoms with E-state index in [1.165, 1.54) is 0 Å². The van der Waals surface area contributed by atoms with Crippen molar-refractivity contribution in [2.75, 3.05) is 23.4 Å². The van der Waals surface area contributed by atoms with Crippen molar-refractivity contribution in [2.24, 2.45) is 0 Å². The summed E-state index contributed by atoms with van der Waals surface area (Å²) >= 11 is 3.47. The van der Waals surface area contributed by atoms with E-state index in [-0.39, 0.29) is 12.0 Å². The number of anilines is 2. The molecule has 1 aromatic carbocycles. The Hall–Kier alpha value is -1.07. The lowest BCUT2D eigenvalue weighted by Gasteiger charge is -2.42. The molecule has 0 saturated heterocycles. The standard InChI is InChI=1S/C15H19BrN2O2/c1-17-14-8-10(16)2-7-13(14)18(9-15(17)20)11-3-5-12(19)6-4-11/h2,7-8,11-12,19H,3-6,9H2,1H3. The number of likely N-dealkylation sites (N-methyl/N-ethyl adjacent to an activating group) is 1. The Kier molecular flexibility index (Phi) is 3.73. The molecule has 0 atom stereocenters. The van der Waals surface area contributed by atoms with Crippen LogP contribution in [0.1, 0.15) is 25.7 Å². The van der Waals surface area contributed by atoms with Crippen molar-refractivity contribution in [1.82, 2.24) is 0 Å². The van der Waals surface area contributed by atoms with E-state index in [1.807, 2.05) is 19.2 Å². The number of nitrogens with zero attached hydrogens (tertiary/aromatic N) is 2. The fourth-order valence-corrected chi connectivity index (χ4v) is 3.52. The van der Waals surface area contributed by atoms with Crippen LogP contribution >= 0.6 is 15.9 Å². The molecule has 1 aliphatic heterocycles. The second-order valence-corrected chi connectivity index (χ2v) is 6.59. The highest BCUT2D eigenvalue weighted by Crippen LogP contribution is 2.38. The van der Waals surface area contributed by atoms with Crippen LogP contribution in [-0.4, -0.2) is 36.8 Å². The molecule has 108 valence electrons. The molecule has 2 aliphatic rings. The van der Waals surface area contributed by atoms with Gasteiger partial charge in [0.25, 0.3) is 0 Å². The van der Waals surface area contributed by atoms with Gasteiger partial charge in [0.2, 0.25) is 5.91 Å². The molecule has 0 unspecified atom stereocenters. The van der Waals surface area contributed by atoms with E-state index in [9.17, 15) is 9.90 Å². The maximum Gasteiger partial charge on any atom is 0.246 e. The average molecular weight is 339 g/mol. The second-order valence-electron chi connectivity index (χ2n) is 5.68. The van der Waals surface area contributed by atoms with Gasteiger partial charge in [0, 0.05) is 17.6 Å². The third kappa shape index (κ3) is 2.44. The normalized spacial score (nSPS) is 26.6. The largest absolute Gasteiger partial charge is 0.393 e. The average Bonchev–Trinajstić information content (AvgIpc) is 2.44. The molecule has 1 heterocycles. The molecule has 1 saturated carbocycles. The van der Waals surface area contributed by atoms with E-state index >= 15 is 0 Å². The molecule has 0 aromatic heterocycles. The summed E-state index contributed by atoms with van der Waals surface area (Å²) in [4.78, 5) is 16.2. The number of aliphatic hydroxyl groups excluding tert-OH is 1. The zero-order chi connectivity index (χ0) is 14.3. The first-order chi connectivity index (χ1) is 9.56. The Balaban J connectivity index is 1.93. The second kappa shape index (κ2) is 5.37. The summed E-state index contributed by atoms with van der Waals surface area (Å²) in [6.45, 7) is 0.436. The number of carbonyl (C=O) groups is 1. The van der Waals surface area contributed by atoms with Gasteiger partial charge in [0.1, 0.15) is 0 Å². The lowest BCUT2D eigenvalue weighted by molar-refractivity contribution is -0.117. The van der Waals surface area contributed by atoms with Crippen LogP contribution in [0.2, 0.25) is 0 Å². The quantitative estimate of drug-likeness (QED) is 0.855. The fraction of sp³-hybridized carbons (Fsp3) is 0.533. The minimum atomic E-state index is -0.168. The summed E-state index contributed by atoms with van der Waals surface area (Å²) in [5.41, 5.74) is 2.08. The van der Waals surface area contributed by atoms with Gasteiger partial charge in [-0.1, -0.05) is 15.9 Å². The Labute approximate surface area is 127 Å². The Morgan fingerprint density at radius 2 is 1.90 bits per heavy atom. The predicted molar refractivity (Wildman–Crippen MR) is 83.2 cm³/mol. The molecular weight excluding hydrogens is 320 g/mol. The highest BCUT2D eigenvalue weighted by Gasteiger charge is 2.33. The third-order valence-corrected chi connectivity index (χ3v) is 4.89. The molecule has 1 amide bonds. The van der Waals surface area contributed by atoms with Gasteiger partial charge >= 0.3 is 0 Å². The number of halogens is 1. The third-order valence-electron chi connectivity index (χ3n) is 4.39. The first-order valence-corrected chi connectivity index (χ1v) is 7.86. The van der Waals surface area contributed by atoms with E-state index in [2.05, 4.69) is 26.9 Å². The minimum Gasteiger partial charge on any atom is -0.393 e. The van der Waals surface area contributed by atoms with Gasteiger partial charge in [-0.2, -0.15) is 0 Å². The summed E-state index contributed by atoms with van der Waals surface area (Å²) < 4.78 is 0.983. The van der Waals surface area contributed by atoms with Crippen LogP contribution in [0.5, 0.6) is 0 Å². The van der Waals surface area contributed by atoms with Crippen LogP contribution in [0.3, 0.4) is 0 Å². The van der Waals surface area contributed by atoms with Crippen molar-refractivity contribution in [3.63, 3.8) is 0 Å². The van der Waals surface area contributed by atoms with Crippen molar-refractivity contribution in [1.29, 1.82) is 0 Å². The van der Waals surface area contributed by atoms with Crippen molar-refractivity contribution in [3.05, 3.63) is 22.7 Å². The van der Waals surface area contributed by atoms with Crippen LogP contribution in [0, 0.1) is 0 Å². The van der Waals surface area contributed by atoms with Crippen LogP contribution in [0.25, 0.3) is 0 Å². The Bertz CT molecular complexity index is 527. The lowest BCUT2D eigenvalue weighted by atomic mass is 9.91. The molecule has 0 bridgehead atoms. The van der Waals surface area contributed by atoms with E-state index in [1.54, 1.807) is 4.90 Å². The molecule has 1 fully saturated rings. The fourth-order valence-electron chi connectivity index (χ4n) is 3.18. The zero-order valence-corrected chi connectivity index (χ0v) is 13.1. The molecular formula is C15H19BrN2O2. The van der Waals surface area contributed by atoms with Crippen LogP contribution < -0.4 is 9.80 Å². The Morgan fingerprint density at radius 1 is 1.20 bits per heavy atom. The van der Waals surface area contributed by atoms with E-state index < -0.39 is 0 Å². The predicted octanol–water partition coefficient (Wildman–Crippen LogP) is 2.54. The molecule has 0 spiro atoms. The molecule has 4 nitrogen and oxygen atoms in total. The first-order valence-electron chi connectivity index (χ1n) is 7.07.